The number of nitrogens with one attached hydrogen (secondary N) is 1. The van der Waals surface area contributed by atoms with Gasteiger partial charge in [0, 0.05) is 12.3 Å². The number of anilines is 1. The summed E-state index contributed by atoms with van der Waals surface area (Å²) in [5.74, 6) is -1.60. The number of carbonyl (C=O) groups is 1. The van der Waals surface area contributed by atoms with Gasteiger partial charge in [0.15, 0.2) is 0 Å². The van der Waals surface area contributed by atoms with Crippen LogP contribution in [0.3, 0.4) is 0 Å². The second-order valence-corrected chi connectivity index (χ2v) is 5.37. The number of ether oxygens (including phenoxy) is 1. The molecule has 7 heteroatoms. The molecule has 2 rings (SSSR count). The smallest absolute Gasteiger partial charge is 0.417 e. The van der Waals surface area contributed by atoms with Crippen LogP contribution in [0.25, 0.3) is 0 Å². The number of hydrogen-bond donors (Lipinski definition) is 2. The molecule has 0 spiro atoms. The van der Waals surface area contributed by atoms with Gasteiger partial charge in [0.2, 0.25) is 0 Å². The Hall–Kier alpha value is -1.76. The Morgan fingerprint density at radius 1 is 1.48 bits per heavy atom. The van der Waals surface area contributed by atoms with Gasteiger partial charge in [-0.1, -0.05) is 0 Å². The van der Waals surface area contributed by atoms with Crippen LogP contribution in [-0.4, -0.2) is 29.3 Å². The summed E-state index contributed by atoms with van der Waals surface area (Å²) < 4.78 is 43.8. The van der Waals surface area contributed by atoms with Crippen molar-refractivity contribution in [2.75, 3.05) is 11.9 Å². The van der Waals surface area contributed by atoms with Crippen LogP contribution in [0, 0.1) is 0 Å². The third-order valence-electron chi connectivity index (χ3n) is 3.87. The highest BCUT2D eigenvalue weighted by atomic mass is 19.4. The molecular formula is C14H16F3NO3. The van der Waals surface area contributed by atoms with Crippen LogP contribution in [0.4, 0.5) is 18.9 Å². The summed E-state index contributed by atoms with van der Waals surface area (Å²) in [5, 5.41) is 12.1. The highest BCUT2D eigenvalue weighted by Crippen LogP contribution is 2.35. The Morgan fingerprint density at radius 2 is 2.14 bits per heavy atom. The SMILES string of the molecule is CC1OCCC1(C)Nc1ccc(C(F)(F)F)c(C(=O)O)c1. The molecule has 4 nitrogen and oxygen atoms in total. The van der Waals surface area contributed by atoms with E-state index in [1.165, 1.54) is 6.07 Å². The molecule has 2 unspecified atom stereocenters. The number of halogens is 3. The van der Waals surface area contributed by atoms with Crippen molar-refractivity contribution < 1.29 is 27.8 Å². The minimum absolute atomic E-state index is 0.118. The molecule has 0 saturated carbocycles. The van der Waals surface area contributed by atoms with Gasteiger partial charge < -0.3 is 15.2 Å². The van der Waals surface area contributed by atoms with Crippen molar-refractivity contribution in [1.82, 2.24) is 0 Å². The summed E-state index contributed by atoms with van der Waals surface area (Å²) in [6, 6.07) is 3.04. The van der Waals surface area contributed by atoms with Crippen molar-refractivity contribution >= 4 is 11.7 Å². The van der Waals surface area contributed by atoms with E-state index in [4.69, 9.17) is 9.84 Å². The molecule has 0 amide bonds. The lowest BCUT2D eigenvalue weighted by atomic mass is 9.94. The predicted molar refractivity (Wildman–Crippen MR) is 70.5 cm³/mol. The monoisotopic (exact) mass is 303 g/mol. The molecule has 2 atom stereocenters. The third-order valence-corrected chi connectivity index (χ3v) is 3.87. The minimum Gasteiger partial charge on any atom is -0.478 e. The second-order valence-electron chi connectivity index (χ2n) is 5.37. The zero-order valence-corrected chi connectivity index (χ0v) is 11.6. The van der Waals surface area contributed by atoms with Crippen molar-refractivity contribution in [1.29, 1.82) is 0 Å². The van der Waals surface area contributed by atoms with E-state index in [1.54, 1.807) is 0 Å². The molecule has 0 aromatic heterocycles. The summed E-state index contributed by atoms with van der Waals surface area (Å²) in [6.45, 7) is 4.31. The van der Waals surface area contributed by atoms with Crippen LogP contribution in [0.15, 0.2) is 18.2 Å². The van der Waals surface area contributed by atoms with Crippen molar-refractivity contribution in [3.63, 3.8) is 0 Å². The first-order valence-electron chi connectivity index (χ1n) is 6.48. The zero-order chi connectivity index (χ0) is 15.8. The molecule has 1 saturated heterocycles. The Balaban J connectivity index is 2.35. The minimum atomic E-state index is -4.69. The van der Waals surface area contributed by atoms with E-state index >= 15 is 0 Å². The average molecular weight is 303 g/mol. The second kappa shape index (κ2) is 5.22. The van der Waals surface area contributed by atoms with E-state index in [0.29, 0.717) is 18.7 Å². The predicted octanol–water partition coefficient (Wildman–Crippen LogP) is 3.38. The van der Waals surface area contributed by atoms with Crippen molar-refractivity contribution in [2.45, 2.75) is 38.1 Å². The molecule has 1 heterocycles. The van der Waals surface area contributed by atoms with E-state index < -0.39 is 28.8 Å². The van der Waals surface area contributed by atoms with Gasteiger partial charge in [-0.05, 0) is 38.5 Å². The van der Waals surface area contributed by atoms with Gasteiger partial charge in [-0.15, -0.1) is 0 Å². The van der Waals surface area contributed by atoms with Crippen LogP contribution in [0.5, 0.6) is 0 Å². The van der Waals surface area contributed by atoms with E-state index in [0.717, 1.165) is 12.1 Å². The number of benzene rings is 1. The van der Waals surface area contributed by atoms with E-state index in [1.807, 2.05) is 13.8 Å². The summed E-state index contributed by atoms with van der Waals surface area (Å²) in [5.41, 5.74) is -2.01. The maximum atomic E-state index is 12.8. The van der Waals surface area contributed by atoms with Crippen LogP contribution in [0.2, 0.25) is 0 Å². The van der Waals surface area contributed by atoms with Crippen LogP contribution < -0.4 is 5.32 Å². The molecule has 0 aliphatic carbocycles. The number of rotatable bonds is 3. The largest absolute Gasteiger partial charge is 0.478 e. The molecule has 1 aromatic carbocycles. The molecule has 0 radical (unpaired) electrons. The van der Waals surface area contributed by atoms with E-state index in [9.17, 15) is 18.0 Å². The van der Waals surface area contributed by atoms with Crippen molar-refractivity contribution in [3.05, 3.63) is 29.3 Å². The first-order chi connectivity index (χ1) is 9.63. The van der Waals surface area contributed by atoms with Crippen molar-refractivity contribution in [3.8, 4) is 0 Å². The van der Waals surface area contributed by atoms with Gasteiger partial charge in [0.25, 0.3) is 0 Å². The lowest BCUT2D eigenvalue weighted by molar-refractivity contribution is -0.138. The van der Waals surface area contributed by atoms with Gasteiger partial charge >= 0.3 is 12.1 Å². The topological polar surface area (TPSA) is 58.6 Å². The summed E-state index contributed by atoms with van der Waals surface area (Å²) in [4.78, 5) is 11.0. The lowest BCUT2D eigenvalue weighted by Gasteiger charge is -2.30. The molecule has 21 heavy (non-hydrogen) atoms. The highest BCUT2D eigenvalue weighted by molar-refractivity contribution is 5.91. The van der Waals surface area contributed by atoms with Crippen LogP contribution in [-0.2, 0) is 10.9 Å². The van der Waals surface area contributed by atoms with E-state index in [2.05, 4.69) is 5.32 Å². The zero-order valence-electron chi connectivity index (χ0n) is 11.6. The van der Waals surface area contributed by atoms with Gasteiger partial charge in [-0.25, -0.2) is 4.79 Å². The molecule has 116 valence electrons. The van der Waals surface area contributed by atoms with E-state index in [-0.39, 0.29) is 6.10 Å². The number of hydrogen-bond acceptors (Lipinski definition) is 3. The number of carboxylic acid groups (broad SMARTS) is 1. The highest BCUT2D eigenvalue weighted by Gasteiger charge is 2.38. The van der Waals surface area contributed by atoms with Crippen LogP contribution in [0.1, 0.15) is 36.2 Å². The quantitative estimate of drug-likeness (QED) is 0.898. The lowest BCUT2D eigenvalue weighted by Crippen LogP contribution is -2.41. The molecule has 0 bridgehead atoms. The van der Waals surface area contributed by atoms with Crippen molar-refractivity contribution in [2.24, 2.45) is 0 Å². The Morgan fingerprint density at radius 3 is 2.62 bits per heavy atom. The maximum absolute atomic E-state index is 12.8. The first kappa shape index (κ1) is 15.6. The molecule has 1 aliphatic heterocycles. The normalized spacial score (nSPS) is 25.9. The maximum Gasteiger partial charge on any atom is 0.417 e. The molecule has 1 aliphatic rings. The average Bonchev–Trinajstić information content (AvgIpc) is 2.67. The molecular weight excluding hydrogens is 287 g/mol. The van der Waals surface area contributed by atoms with Gasteiger partial charge in [0.1, 0.15) is 0 Å². The Labute approximate surface area is 119 Å². The fraction of sp³-hybridized carbons (Fsp3) is 0.500. The first-order valence-corrected chi connectivity index (χ1v) is 6.48. The van der Waals surface area contributed by atoms with Gasteiger partial charge in [-0.2, -0.15) is 13.2 Å². The number of aromatic carboxylic acids is 1. The third kappa shape index (κ3) is 3.12. The van der Waals surface area contributed by atoms with Gasteiger partial charge in [-0.3, -0.25) is 0 Å². The standard InChI is InChI=1S/C14H16F3NO3/c1-8-13(2,5-6-21-8)18-9-3-4-11(14(15,16)17)10(7-9)12(19)20/h3-4,7-8,18H,5-6H2,1-2H3,(H,19,20). The Bertz CT molecular complexity index is 559. The molecule has 1 fully saturated rings. The van der Waals surface area contributed by atoms with Crippen LogP contribution >= 0.6 is 0 Å². The number of alkyl halides is 3. The summed E-state index contributed by atoms with van der Waals surface area (Å²) in [7, 11) is 0. The summed E-state index contributed by atoms with van der Waals surface area (Å²) in [6.07, 6.45) is -4.12. The molecule has 2 N–H and O–H groups in total. The Kier molecular flexibility index (Phi) is 3.88. The van der Waals surface area contributed by atoms with Gasteiger partial charge in [0.05, 0.1) is 22.8 Å². The fourth-order valence-electron chi connectivity index (χ4n) is 2.37. The molecule has 1 aromatic rings. The number of carboxylic acids is 1. The fourth-order valence-corrected chi connectivity index (χ4v) is 2.37. The summed E-state index contributed by atoms with van der Waals surface area (Å²) >= 11 is 0.